The molecule has 0 saturated carbocycles. The Bertz CT molecular complexity index is 428. The molecule has 0 heterocycles. The fourth-order valence-electron chi connectivity index (χ4n) is 2.17. The van der Waals surface area contributed by atoms with Crippen LogP contribution in [0.3, 0.4) is 0 Å². The van der Waals surface area contributed by atoms with E-state index >= 15 is 0 Å². The molecule has 1 aromatic carbocycles. The van der Waals surface area contributed by atoms with Crippen molar-refractivity contribution in [3.05, 3.63) is 29.8 Å². The summed E-state index contributed by atoms with van der Waals surface area (Å²) < 4.78 is 5.64. The minimum absolute atomic E-state index is 0.0935. The maximum atomic E-state index is 12.0. The number of ether oxygens (including phenoxy) is 1. The largest absolute Gasteiger partial charge is 0.481 e. The Balaban J connectivity index is 2.50. The van der Waals surface area contributed by atoms with Crippen LogP contribution in [-0.4, -0.2) is 29.3 Å². The highest BCUT2D eigenvalue weighted by Gasteiger charge is 2.16. The van der Waals surface area contributed by atoms with Crippen molar-refractivity contribution in [3.63, 3.8) is 0 Å². The van der Waals surface area contributed by atoms with Gasteiger partial charge in [0.1, 0.15) is 5.75 Å². The summed E-state index contributed by atoms with van der Waals surface area (Å²) >= 11 is 0. The highest BCUT2D eigenvalue weighted by atomic mass is 16.5. The van der Waals surface area contributed by atoms with Crippen LogP contribution >= 0.6 is 0 Å². The molecule has 3 unspecified atom stereocenters. The van der Waals surface area contributed by atoms with Gasteiger partial charge in [0.2, 0.25) is 0 Å². The number of amides is 1. The van der Waals surface area contributed by atoms with E-state index in [0.29, 0.717) is 12.2 Å². The second-order valence-corrected chi connectivity index (χ2v) is 5.66. The van der Waals surface area contributed by atoms with E-state index in [2.05, 4.69) is 12.2 Å². The molecule has 0 bridgehead atoms. The quantitative estimate of drug-likeness (QED) is 0.775. The molecule has 0 aromatic heterocycles. The van der Waals surface area contributed by atoms with Crippen LogP contribution in [0.25, 0.3) is 0 Å². The van der Waals surface area contributed by atoms with Gasteiger partial charge in [-0.3, -0.25) is 4.79 Å². The predicted molar refractivity (Wildman–Crippen MR) is 84.4 cm³/mol. The summed E-state index contributed by atoms with van der Waals surface area (Å²) in [5.74, 6) is 0.569. The standard InChI is InChI=1S/C17H27NO3/c1-5-6-12(2)18-17(20)14(4)21-16-9-7-15(8-10-16)11-13(3)19/h7-10,12-14,19H,5-6,11H2,1-4H3,(H,18,20). The molecule has 2 N–H and O–H groups in total. The third kappa shape index (κ3) is 6.63. The highest BCUT2D eigenvalue weighted by molar-refractivity contribution is 5.80. The molecule has 0 fully saturated rings. The number of benzene rings is 1. The number of rotatable bonds is 8. The fourth-order valence-corrected chi connectivity index (χ4v) is 2.17. The summed E-state index contributed by atoms with van der Waals surface area (Å²) in [5.41, 5.74) is 1.05. The molecule has 0 aliphatic carbocycles. The van der Waals surface area contributed by atoms with Gasteiger partial charge in [-0.1, -0.05) is 25.5 Å². The van der Waals surface area contributed by atoms with E-state index in [0.717, 1.165) is 18.4 Å². The van der Waals surface area contributed by atoms with Crippen LogP contribution in [0.15, 0.2) is 24.3 Å². The van der Waals surface area contributed by atoms with Crippen LogP contribution in [0.4, 0.5) is 0 Å². The Morgan fingerprint density at radius 2 is 1.86 bits per heavy atom. The van der Waals surface area contributed by atoms with Crippen LogP contribution in [-0.2, 0) is 11.2 Å². The summed E-state index contributed by atoms with van der Waals surface area (Å²) in [7, 11) is 0. The first kappa shape index (κ1) is 17.5. The van der Waals surface area contributed by atoms with E-state index in [-0.39, 0.29) is 18.1 Å². The van der Waals surface area contributed by atoms with Crippen LogP contribution in [0.5, 0.6) is 5.75 Å². The number of aliphatic hydroxyl groups is 1. The first-order chi connectivity index (χ1) is 9.92. The molecular formula is C17H27NO3. The summed E-state index contributed by atoms with van der Waals surface area (Å²) in [6, 6.07) is 7.65. The SMILES string of the molecule is CCCC(C)NC(=O)C(C)Oc1ccc(CC(C)O)cc1. The van der Waals surface area contributed by atoms with Gasteiger partial charge in [0.15, 0.2) is 6.10 Å². The lowest BCUT2D eigenvalue weighted by atomic mass is 10.1. The van der Waals surface area contributed by atoms with Crippen molar-refractivity contribution in [1.82, 2.24) is 5.32 Å². The van der Waals surface area contributed by atoms with Crippen molar-refractivity contribution in [2.24, 2.45) is 0 Å². The molecule has 1 amide bonds. The van der Waals surface area contributed by atoms with Crippen molar-refractivity contribution in [1.29, 1.82) is 0 Å². The van der Waals surface area contributed by atoms with E-state index in [4.69, 9.17) is 4.74 Å². The minimum atomic E-state index is -0.521. The molecule has 1 rings (SSSR count). The van der Waals surface area contributed by atoms with Crippen molar-refractivity contribution in [3.8, 4) is 5.75 Å². The topological polar surface area (TPSA) is 58.6 Å². The molecule has 0 saturated heterocycles. The maximum absolute atomic E-state index is 12.0. The van der Waals surface area contributed by atoms with Gasteiger partial charge in [0.05, 0.1) is 6.10 Å². The summed E-state index contributed by atoms with van der Waals surface area (Å²) in [6.45, 7) is 7.60. The first-order valence-electron chi connectivity index (χ1n) is 7.66. The molecular weight excluding hydrogens is 266 g/mol. The molecule has 118 valence electrons. The number of carbonyl (C=O) groups is 1. The second kappa shape index (κ2) is 8.67. The average Bonchev–Trinajstić information content (AvgIpc) is 2.40. The smallest absolute Gasteiger partial charge is 0.260 e. The minimum Gasteiger partial charge on any atom is -0.481 e. The molecule has 0 aliphatic heterocycles. The summed E-state index contributed by atoms with van der Waals surface area (Å²) in [6.07, 6.45) is 1.74. The molecule has 3 atom stereocenters. The third-order valence-corrected chi connectivity index (χ3v) is 3.25. The zero-order valence-electron chi connectivity index (χ0n) is 13.4. The van der Waals surface area contributed by atoms with E-state index in [9.17, 15) is 9.90 Å². The Labute approximate surface area is 127 Å². The maximum Gasteiger partial charge on any atom is 0.260 e. The molecule has 0 aliphatic rings. The van der Waals surface area contributed by atoms with E-state index < -0.39 is 6.10 Å². The van der Waals surface area contributed by atoms with Gasteiger partial charge in [-0.25, -0.2) is 0 Å². The Morgan fingerprint density at radius 1 is 1.24 bits per heavy atom. The van der Waals surface area contributed by atoms with Gasteiger partial charge in [-0.15, -0.1) is 0 Å². The van der Waals surface area contributed by atoms with Crippen LogP contribution in [0.1, 0.15) is 46.1 Å². The van der Waals surface area contributed by atoms with Crippen LogP contribution < -0.4 is 10.1 Å². The number of aliphatic hydroxyl groups excluding tert-OH is 1. The molecule has 0 spiro atoms. The van der Waals surface area contributed by atoms with E-state index in [1.807, 2.05) is 31.2 Å². The lowest BCUT2D eigenvalue weighted by molar-refractivity contribution is -0.127. The van der Waals surface area contributed by atoms with Crippen LogP contribution in [0.2, 0.25) is 0 Å². The zero-order chi connectivity index (χ0) is 15.8. The lowest BCUT2D eigenvalue weighted by Crippen LogP contribution is -2.41. The molecule has 1 aromatic rings. The molecule has 4 nitrogen and oxygen atoms in total. The van der Waals surface area contributed by atoms with Crippen molar-refractivity contribution in [2.75, 3.05) is 0 Å². The fraction of sp³-hybridized carbons (Fsp3) is 0.588. The molecule has 21 heavy (non-hydrogen) atoms. The predicted octanol–water partition coefficient (Wildman–Crippen LogP) is 2.68. The Kier molecular flexibility index (Phi) is 7.23. The van der Waals surface area contributed by atoms with E-state index in [1.54, 1.807) is 13.8 Å². The molecule has 4 heteroatoms. The Hall–Kier alpha value is -1.55. The number of nitrogens with one attached hydrogen (secondary N) is 1. The average molecular weight is 293 g/mol. The van der Waals surface area contributed by atoms with Gasteiger partial charge in [-0.2, -0.15) is 0 Å². The summed E-state index contributed by atoms with van der Waals surface area (Å²) in [5, 5.41) is 12.3. The van der Waals surface area contributed by atoms with Gasteiger partial charge in [0, 0.05) is 6.04 Å². The van der Waals surface area contributed by atoms with Crippen molar-refractivity contribution in [2.45, 2.75) is 65.2 Å². The zero-order valence-corrected chi connectivity index (χ0v) is 13.4. The number of carbonyl (C=O) groups excluding carboxylic acids is 1. The monoisotopic (exact) mass is 293 g/mol. The number of hydrogen-bond acceptors (Lipinski definition) is 3. The van der Waals surface area contributed by atoms with Gasteiger partial charge in [-0.05, 0) is 51.3 Å². The van der Waals surface area contributed by atoms with Gasteiger partial charge in [0.25, 0.3) is 5.91 Å². The lowest BCUT2D eigenvalue weighted by Gasteiger charge is -2.18. The second-order valence-electron chi connectivity index (χ2n) is 5.66. The Morgan fingerprint density at radius 3 is 2.38 bits per heavy atom. The van der Waals surface area contributed by atoms with Gasteiger partial charge >= 0.3 is 0 Å². The third-order valence-electron chi connectivity index (χ3n) is 3.25. The summed E-state index contributed by atoms with van der Waals surface area (Å²) in [4.78, 5) is 12.0. The van der Waals surface area contributed by atoms with E-state index in [1.165, 1.54) is 0 Å². The first-order valence-corrected chi connectivity index (χ1v) is 7.66. The normalized spacial score (nSPS) is 15.1. The number of hydrogen-bond donors (Lipinski definition) is 2. The molecule has 0 radical (unpaired) electrons. The highest BCUT2D eigenvalue weighted by Crippen LogP contribution is 2.15. The van der Waals surface area contributed by atoms with Crippen molar-refractivity contribution < 1.29 is 14.6 Å². The van der Waals surface area contributed by atoms with Crippen molar-refractivity contribution >= 4 is 5.91 Å². The van der Waals surface area contributed by atoms with Crippen LogP contribution in [0, 0.1) is 0 Å². The van der Waals surface area contributed by atoms with Gasteiger partial charge < -0.3 is 15.2 Å².